The number of hydrogen-bond donors (Lipinski definition) is 1. The number of benzene rings is 1. The summed E-state index contributed by atoms with van der Waals surface area (Å²) in [4.78, 5) is 5.97. The first-order chi connectivity index (χ1) is 11.1. The van der Waals surface area contributed by atoms with Gasteiger partial charge < -0.3 is 10.0 Å². The van der Waals surface area contributed by atoms with E-state index in [1.807, 2.05) is 0 Å². The molecule has 0 radical (unpaired) electrons. The van der Waals surface area contributed by atoms with E-state index in [0.717, 1.165) is 32.0 Å². The van der Waals surface area contributed by atoms with E-state index in [1.165, 1.54) is 35.9 Å². The van der Waals surface area contributed by atoms with E-state index in [1.54, 1.807) is 0 Å². The molecule has 1 aliphatic heterocycles. The number of rotatable bonds is 5. The highest BCUT2D eigenvalue weighted by molar-refractivity contribution is 5.25. The van der Waals surface area contributed by atoms with E-state index >= 15 is 0 Å². The second-order valence-corrected chi connectivity index (χ2v) is 6.09. The molecule has 3 rings (SSSR count). The summed E-state index contributed by atoms with van der Waals surface area (Å²) in [5.74, 6) is -1.41. The van der Waals surface area contributed by atoms with Crippen LogP contribution in [-0.2, 0) is 12.1 Å². The van der Waals surface area contributed by atoms with Gasteiger partial charge in [-0.1, -0.05) is 12.5 Å². The van der Waals surface area contributed by atoms with Gasteiger partial charge in [-0.15, -0.1) is 0 Å². The van der Waals surface area contributed by atoms with Gasteiger partial charge in [0.15, 0.2) is 0 Å². The predicted molar refractivity (Wildman–Crippen MR) is 80.6 cm³/mol. The molecular formula is C16H20F2N4O. The minimum absolute atomic E-state index is 0.0616. The first-order valence-corrected chi connectivity index (χ1v) is 7.79. The summed E-state index contributed by atoms with van der Waals surface area (Å²) in [5, 5.41) is 15.2. The zero-order valence-electron chi connectivity index (χ0n) is 12.8. The van der Waals surface area contributed by atoms with Gasteiger partial charge in [0.05, 0.1) is 6.54 Å². The Bertz CT molecular complexity index is 644. The Morgan fingerprint density at radius 3 is 2.57 bits per heavy atom. The molecule has 1 saturated heterocycles. The van der Waals surface area contributed by atoms with E-state index in [0.29, 0.717) is 0 Å². The molecule has 0 spiro atoms. The standard InChI is InChI=1S/C16H20F2N4O/c17-13-4-5-14(15(18)8-13)16(23,10-22-12-19-11-20-22)9-21-6-2-1-3-7-21/h4-5,8,11-12,23H,1-3,6-7,9-10H2. The first-order valence-electron chi connectivity index (χ1n) is 7.79. The number of halogens is 2. The Labute approximate surface area is 133 Å². The fraction of sp³-hybridized carbons (Fsp3) is 0.500. The molecule has 0 aliphatic carbocycles. The third-order valence-corrected chi connectivity index (χ3v) is 4.26. The van der Waals surface area contributed by atoms with Crippen molar-refractivity contribution in [2.75, 3.05) is 19.6 Å². The van der Waals surface area contributed by atoms with Crippen LogP contribution in [0, 0.1) is 11.6 Å². The topological polar surface area (TPSA) is 54.2 Å². The molecule has 1 aromatic carbocycles. The zero-order valence-corrected chi connectivity index (χ0v) is 12.8. The molecule has 0 saturated carbocycles. The van der Waals surface area contributed by atoms with Crippen LogP contribution in [0.1, 0.15) is 24.8 Å². The molecule has 23 heavy (non-hydrogen) atoms. The molecule has 1 atom stereocenters. The van der Waals surface area contributed by atoms with Gasteiger partial charge in [0.1, 0.15) is 29.9 Å². The molecule has 1 fully saturated rings. The van der Waals surface area contributed by atoms with E-state index in [4.69, 9.17) is 0 Å². The molecule has 2 heterocycles. The van der Waals surface area contributed by atoms with Crippen molar-refractivity contribution >= 4 is 0 Å². The molecule has 1 N–H and O–H groups in total. The maximum absolute atomic E-state index is 14.3. The van der Waals surface area contributed by atoms with Gasteiger partial charge in [-0.2, -0.15) is 5.10 Å². The molecule has 124 valence electrons. The first kappa shape index (κ1) is 16.0. The van der Waals surface area contributed by atoms with Crippen LogP contribution in [0.5, 0.6) is 0 Å². The predicted octanol–water partition coefficient (Wildman–Crippen LogP) is 1.93. The van der Waals surface area contributed by atoms with Crippen molar-refractivity contribution in [3.63, 3.8) is 0 Å². The highest BCUT2D eigenvalue weighted by Crippen LogP contribution is 2.28. The number of piperidine rings is 1. The number of nitrogens with zero attached hydrogens (tertiary/aromatic N) is 4. The zero-order chi connectivity index (χ0) is 16.3. The summed E-state index contributed by atoms with van der Waals surface area (Å²) in [6.07, 6.45) is 6.13. The fourth-order valence-electron chi connectivity index (χ4n) is 3.16. The maximum Gasteiger partial charge on any atom is 0.137 e. The summed E-state index contributed by atoms with van der Waals surface area (Å²) >= 11 is 0. The van der Waals surface area contributed by atoms with E-state index in [9.17, 15) is 13.9 Å². The largest absolute Gasteiger partial charge is 0.382 e. The summed E-state index contributed by atoms with van der Waals surface area (Å²) in [7, 11) is 0. The van der Waals surface area contributed by atoms with Gasteiger partial charge >= 0.3 is 0 Å². The van der Waals surface area contributed by atoms with Crippen LogP contribution in [-0.4, -0.2) is 44.4 Å². The highest BCUT2D eigenvalue weighted by atomic mass is 19.1. The normalized spacial score (nSPS) is 18.7. The van der Waals surface area contributed by atoms with Crippen LogP contribution < -0.4 is 0 Å². The molecule has 7 heteroatoms. The third kappa shape index (κ3) is 3.73. The lowest BCUT2D eigenvalue weighted by Gasteiger charge is -2.36. The van der Waals surface area contributed by atoms with Crippen molar-refractivity contribution in [1.82, 2.24) is 19.7 Å². The number of hydrogen-bond acceptors (Lipinski definition) is 4. The SMILES string of the molecule is OC(CN1CCCCC1)(Cn1cncn1)c1ccc(F)cc1F. The molecule has 0 amide bonds. The van der Waals surface area contributed by atoms with Gasteiger partial charge in [-0.05, 0) is 32.0 Å². The van der Waals surface area contributed by atoms with Gasteiger partial charge in [-0.25, -0.2) is 18.4 Å². The number of β-amino-alcohol motifs (C(OH)–C–C–N with tert-alkyl or cyclic N) is 1. The van der Waals surface area contributed by atoms with Crippen molar-refractivity contribution in [1.29, 1.82) is 0 Å². The lowest BCUT2D eigenvalue weighted by atomic mass is 9.91. The average molecular weight is 322 g/mol. The fourth-order valence-corrected chi connectivity index (χ4v) is 3.16. The average Bonchev–Trinajstić information content (AvgIpc) is 3.00. The van der Waals surface area contributed by atoms with Crippen LogP contribution in [0.15, 0.2) is 30.9 Å². The Hall–Kier alpha value is -1.86. The summed E-state index contributed by atoms with van der Waals surface area (Å²) in [6.45, 7) is 2.06. The second kappa shape index (κ2) is 6.72. The monoisotopic (exact) mass is 322 g/mol. The van der Waals surface area contributed by atoms with Crippen LogP contribution in [0.3, 0.4) is 0 Å². The molecular weight excluding hydrogens is 302 g/mol. The molecule has 0 bridgehead atoms. The van der Waals surface area contributed by atoms with Crippen LogP contribution >= 0.6 is 0 Å². The van der Waals surface area contributed by atoms with E-state index in [2.05, 4.69) is 15.0 Å². The minimum atomic E-state index is -1.50. The minimum Gasteiger partial charge on any atom is -0.382 e. The molecule has 1 unspecified atom stereocenters. The van der Waals surface area contributed by atoms with Gasteiger partial charge in [0.2, 0.25) is 0 Å². The highest BCUT2D eigenvalue weighted by Gasteiger charge is 2.35. The van der Waals surface area contributed by atoms with Crippen molar-refractivity contribution in [2.24, 2.45) is 0 Å². The smallest absolute Gasteiger partial charge is 0.137 e. The number of aliphatic hydroxyl groups is 1. The van der Waals surface area contributed by atoms with Crippen molar-refractivity contribution < 1.29 is 13.9 Å². The van der Waals surface area contributed by atoms with E-state index in [-0.39, 0.29) is 18.7 Å². The lowest BCUT2D eigenvalue weighted by molar-refractivity contribution is -0.0254. The van der Waals surface area contributed by atoms with Crippen LogP contribution in [0.25, 0.3) is 0 Å². The lowest BCUT2D eigenvalue weighted by Crippen LogP contribution is -2.46. The summed E-state index contributed by atoms with van der Waals surface area (Å²) in [5.41, 5.74) is -1.41. The Kier molecular flexibility index (Phi) is 4.68. The van der Waals surface area contributed by atoms with Crippen molar-refractivity contribution in [3.05, 3.63) is 48.1 Å². The quantitative estimate of drug-likeness (QED) is 0.914. The number of likely N-dealkylation sites (tertiary alicyclic amines) is 1. The summed E-state index contributed by atoms with van der Waals surface area (Å²) in [6, 6.07) is 3.28. The van der Waals surface area contributed by atoms with Gasteiger partial charge in [0, 0.05) is 18.2 Å². The number of aromatic nitrogens is 3. The van der Waals surface area contributed by atoms with Crippen LogP contribution in [0.2, 0.25) is 0 Å². The van der Waals surface area contributed by atoms with Crippen LogP contribution in [0.4, 0.5) is 8.78 Å². The van der Waals surface area contributed by atoms with E-state index < -0.39 is 17.2 Å². The Balaban J connectivity index is 1.90. The molecule has 1 aromatic heterocycles. The summed E-state index contributed by atoms with van der Waals surface area (Å²) < 4.78 is 28.9. The molecule has 5 nitrogen and oxygen atoms in total. The molecule has 1 aliphatic rings. The second-order valence-electron chi connectivity index (χ2n) is 6.09. The molecule has 2 aromatic rings. The Morgan fingerprint density at radius 1 is 1.13 bits per heavy atom. The Morgan fingerprint density at radius 2 is 1.91 bits per heavy atom. The van der Waals surface area contributed by atoms with Gasteiger partial charge in [-0.3, -0.25) is 0 Å². The third-order valence-electron chi connectivity index (χ3n) is 4.26. The van der Waals surface area contributed by atoms with Gasteiger partial charge in [0.25, 0.3) is 0 Å². The maximum atomic E-state index is 14.3. The van der Waals surface area contributed by atoms with Crippen molar-refractivity contribution in [3.8, 4) is 0 Å². The van der Waals surface area contributed by atoms with Crippen molar-refractivity contribution in [2.45, 2.75) is 31.4 Å².